The topological polar surface area (TPSA) is 38.5 Å². The second kappa shape index (κ2) is 5.77. The van der Waals surface area contributed by atoms with E-state index < -0.39 is 11.6 Å². The number of nitrogens with two attached hydrogens (primary N) is 1. The second-order valence-electron chi connectivity index (χ2n) is 4.24. The highest BCUT2D eigenvalue weighted by Crippen LogP contribution is 2.35. The van der Waals surface area contributed by atoms with E-state index in [2.05, 4.69) is 0 Å². The zero-order valence-electron chi connectivity index (χ0n) is 11.4. The summed E-state index contributed by atoms with van der Waals surface area (Å²) in [6.07, 6.45) is 0. The van der Waals surface area contributed by atoms with Crippen LogP contribution in [0.1, 0.15) is 6.92 Å². The van der Waals surface area contributed by atoms with Crippen LogP contribution in [-0.2, 0) is 0 Å². The Labute approximate surface area is 116 Å². The van der Waals surface area contributed by atoms with E-state index in [9.17, 15) is 8.78 Å². The monoisotopic (exact) mass is 278 g/mol. The maximum absolute atomic E-state index is 14.1. The van der Waals surface area contributed by atoms with Crippen LogP contribution in [0.4, 0.5) is 25.8 Å². The Hall–Kier alpha value is -2.30. The predicted molar refractivity (Wildman–Crippen MR) is 76.4 cm³/mol. The van der Waals surface area contributed by atoms with Crippen molar-refractivity contribution >= 4 is 17.1 Å². The largest absolute Gasteiger partial charge is 0.495 e. The molecule has 0 fully saturated rings. The molecule has 2 aromatic rings. The van der Waals surface area contributed by atoms with Gasteiger partial charge in [-0.2, -0.15) is 0 Å². The van der Waals surface area contributed by atoms with E-state index in [-0.39, 0.29) is 11.4 Å². The SMILES string of the molecule is CCN(c1ccccc1F)c1cc(OC)c(N)cc1F. The van der Waals surface area contributed by atoms with Crippen molar-refractivity contribution in [3.63, 3.8) is 0 Å². The lowest BCUT2D eigenvalue weighted by atomic mass is 10.2. The molecule has 0 aromatic heterocycles. The first-order valence-electron chi connectivity index (χ1n) is 6.23. The maximum atomic E-state index is 14.1. The third-order valence-corrected chi connectivity index (χ3v) is 3.05. The minimum atomic E-state index is -0.520. The van der Waals surface area contributed by atoms with E-state index >= 15 is 0 Å². The molecule has 2 rings (SSSR count). The van der Waals surface area contributed by atoms with Crippen LogP contribution in [-0.4, -0.2) is 13.7 Å². The van der Waals surface area contributed by atoms with Gasteiger partial charge in [-0.3, -0.25) is 0 Å². The molecule has 0 unspecified atom stereocenters. The van der Waals surface area contributed by atoms with Crippen LogP contribution in [0.3, 0.4) is 0 Å². The number of hydrogen-bond acceptors (Lipinski definition) is 3. The normalized spacial score (nSPS) is 10.4. The van der Waals surface area contributed by atoms with Crippen LogP contribution in [0.15, 0.2) is 36.4 Å². The number of benzene rings is 2. The molecular weight excluding hydrogens is 262 g/mol. The van der Waals surface area contributed by atoms with Crippen molar-refractivity contribution in [2.75, 3.05) is 24.3 Å². The molecule has 0 amide bonds. The Kier molecular flexibility index (Phi) is 4.08. The third-order valence-electron chi connectivity index (χ3n) is 3.05. The third kappa shape index (κ3) is 2.52. The van der Waals surface area contributed by atoms with E-state index in [1.54, 1.807) is 18.2 Å². The van der Waals surface area contributed by atoms with Gasteiger partial charge in [0.05, 0.1) is 24.2 Å². The number of halogens is 2. The van der Waals surface area contributed by atoms with Gasteiger partial charge in [-0.1, -0.05) is 12.1 Å². The standard InChI is InChI=1S/C15H16F2N2O/c1-3-19(13-7-5-4-6-10(13)16)14-9-15(20-2)12(18)8-11(14)17/h4-9H,3,18H2,1-2H3. The Morgan fingerprint density at radius 3 is 2.40 bits per heavy atom. The van der Waals surface area contributed by atoms with Crippen LogP contribution in [0.5, 0.6) is 5.75 Å². The molecule has 0 aliphatic carbocycles. The second-order valence-corrected chi connectivity index (χ2v) is 4.24. The first kappa shape index (κ1) is 14.1. The molecular formula is C15H16F2N2O. The van der Waals surface area contributed by atoms with Gasteiger partial charge in [0.15, 0.2) is 0 Å². The van der Waals surface area contributed by atoms with Crippen LogP contribution in [0.25, 0.3) is 0 Å². The first-order chi connectivity index (χ1) is 9.58. The van der Waals surface area contributed by atoms with Gasteiger partial charge in [-0.05, 0) is 19.1 Å². The van der Waals surface area contributed by atoms with Crippen molar-refractivity contribution in [2.45, 2.75) is 6.92 Å². The Bertz CT molecular complexity index is 617. The molecule has 0 bridgehead atoms. The quantitative estimate of drug-likeness (QED) is 0.866. The highest BCUT2D eigenvalue weighted by Gasteiger charge is 2.17. The van der Waals surface area contributed by atoms with Gasteiger partial charge in [-0.15, -0.1) is 0 Å². The summed E-state index contributed by atoms with van der Waals surface area (Å²) in [6, 6.07) is 8.88. The van der Waals surface area contributed by atoms with Crippen molar-refractivity contribution in [2.24, 2.45) is 0 Å². The summed E-state index contributed by atoms with van der Waals surface area (Å²) in [4.78, 5) is 1.53. The summed E-state index contributed by atoms with van der Waals surface area (Å²) in [7, 11) is 1.45. The van der Waals surface area contributed by atoms with Gasteiger partial charge < -0.3 is 15.4 Å². The van der Waals surface area contributed by atoms with E-state index in [0.29, 0.717) is 18.0 Å². The summed E-state index contributed by atoms with van der Waals surface area (Å²) in [5.74, 6) is -0.575. The Morgan fingerprint density at radius 1 is 1.10 bits per heavy atom. The lowest BCUT2D eigenvalue weighted by Crippen LogP contribution is -2.19. The minimum Gasteiger partial charge on any atom is -0.495 e. The number of hydrogen-bond donors (Lipinski definition) is 1. The van der Waals surface area contributed by atoms with Gasteiger partial charge in [0.2, 0.25) is 0 Å². The molecule has 0 aliphatic rings. The zero-order valence-corrected chi connectivity index (χ0v) is 11.4. The zero-order chi connectivity index (χ0) is 14.7. The fraction of sp³-hybridized carbons (Fsp3) is 0.200. The van der Waals surface area contributed by atoms with Crippen LogP contribution in [0, 0.1) is 11.6 Å². The van der Waals surface area contributed by atoms with Gasteiger partial charge in [0.1, 0.15) is 17.4 Å². The van der Waals surface area contributed by atoms with Crippen molar-refractivity contribution in [3.8, 4) is 5.75 Å². The van der Waals surface area contributed by atoms with Gasteiger partial charge >= 0.3 is 0 Å². The molecule has 0 heterocycles. The average Bonchev–Trinajstić information content (AvgIpc) is 2.43. The summed E-state index contributed by atoms with van der Waals surface area (Å²) < 4.78 is 33.1. The number of nitrogen functional groups attached to an aromatic ring is 1. The number of para-hydroxylation sites is 1. The van der Waals surface area contributed by atoms with Crippen molar-refractivity contribution in [3.05, 3.63) is 48.0 Å². The number of ether oxygens (including phenoxy) is 1. The molecule has 20 heavy (non-hydrogen) atoms. The summed E-state index contributed by atoms with van der Waals surface area (Å²) in [6.45, 7) is 2.22. The molecule has 0 spiro atoms. The molecule has 0 saturated carbocycles. The van der Waals surface area contributed by atoms with E-state index in [0.717, 1.165) is 0 Å². The molecule has 2 aromatic carbocycles. The highest BCUT2D eigenvalue weighted by atomic mass is 19.1. The fourth-order valence-electron chi connectivity index (χ4n) is 2.08. The average molecular weight is 278 g/mol. The number of rotatable bonds is 4. The van der Waals surface area contributed by atoms with Crippen molar-refractivity contribution < 1.29 is 13.5 Å². The highest BCUT2D eigenvalue weighted by molar-refractivity contribution is 5.70. The molecule has 0 atom stereocenters. The summed E-state index contributed by atoms with van der Waals surface area (Å²) in [5, 5.41) is 0. The Balaban J connectivity index is 2.55. The number of methoxy groups -OCH3 is 1. The van der Waals surface area contributed by atoms with Crippen LogP contribution >= 0.6 is 0 Å². The minimum absolute atomic E-state index is 0.207. The summed E-state index contributed by atoms with van der Waals surface area (Å²) >= 11 is 0. The molecule has 0 saturated heterocycles. The molecule has 0 aliphatic heterocycles. The molecule has 2 N–H and O–H groups in total. The fourth-order valence-corrected chi connectivity index (χ4v) is 2.08. The lowest BCUT2D eigenvalue weighted by Gasteiger charge is -2.25. The number of anilines is 3. The van der Waals surface area contributed by atoms with E-state index in [1.807, 2.05) is 6.92 Å². The van der Waals surface area contributed by atoms with Crippen LogP contribution < -0.4 is 15.4 Å². The molecule has 3 nitrogen and oxygen atoms in total. The van der Waals surface area contributed by atoms with Crippen LogP contribution in [0.2, 0.25) is 0 Å². The van der Waals surface area contributed by atoms with Gasteiger partial charge in [0.25, 0.3) is 0 Å². The first-order valence-corrected chi connectivity index (χ1v) is 6.23. The smallest absolute Gasteiger partial charge is 0.149 e. The van der Waals surface area contributed by atoms with Gasteiger partial charge in [0, 0.05) is 18.7 Å². The predicted octanol–water partition coefficient (Wildman–Crippen LogP) is 3.71. The molecule has 106 valence electrons. The molecule has 5 heteroatoms. The molecule has 0 radical (unpaired) electrons. The van der Waals surface area contributed by atoms with Crippen molar-refractivity contribution in [1.82, 2.24) is 0 Å². The maximum Gasteiger partial charge on any atom is 0.149 e. The Morgan fingerprint density at radius 2 is 1.80 bits per heavy atom. The summed E-state index contributed by atoms with van der Waals surface area (Å²) in [5.41, 5.74) is 6.39. The van der Waals surface area contributed by atoms with Gasteiger partial charge in [-0.25, -0.2) is 8.78 Å². The lowest BCUT2D eigenvalue weighted by molar-refractivity contribution is 0.416. The number of nitrogens with zero attached hydrogens (tertiary/aromatic N) is 1. The van der Waals surface area contributed by atoms with E-state index in [1.165, 1.54) is 30.2 Å². The van der Waals surface area contributed by atoms with E-state index in [4.69, 9.17) is 10.5 Å². The van der Waals surface area contributed by atoms with Crippen molar-refractivity contribution in [1.29, 1.82) is 0 Å².